The normalized spacial score (nSPS) is 11.3. The van der Waals surface area contributed by atoms with E-state index in [1.807, 2.05) is 0 Å². The molecule has 14 heteroatoms. The van der Waals surface area contributed by atoms with Gasteiger partial charge in [-0.15, -0.1) is 0 Å². The number of amides is 1. The number of rotatable bonds is 9. The minimum absolute atomic E-state index is 0.0661. The van der Waals surface area contributed by atoms with Crippen molar-refractivity contribution >= 4 is 57.0 Å². The molecule has 6 aromatic rings. The van der Waals surface area contributed by atoms with E-state index >= 15 is 0 Å². The van der Waals surface area contributed by atoms with E-state index < -0.39 is 34.5 Å². The van der Waals surface area contributed by atoms with Crippen LogP contribution in [0.1, 0.15) is 5.56 Å². The molecule has 2 aromatic heterocycles. The molecule has 1 N–H and O–H groups in total. The Labute approximate surface area is 263 Å². The van der Waals surface area contributed by atoms with E-state index in [1.54, 1.807) is 48.5 Å². The third kappa shape index (κ3) is 6.12. The molecule has 0 aliphatic heterocycles. The van der Waals surface area contributed by atoms with Crippen LogP contribution < -0.4 is 20.3 Å². The molecule has 2 heterocycles. The number of anilines is 1. The summed E-state index contributed by atoms with van der Waals surface area (Å²) in [6.07, 6.45) is 1.22. The summed E-state index contributed by atoms with van der Waals surface area (Å²) in [5.74, 6) is -1.16. The van der Waals surface area contributed by atoms with Crippen LogP contribution in [0.4, 0.5) is 15.8 Å². The lowest BCUT2D eigenvalue weighted by molar-refractivity contribution is -0.385. The van der Waals surface area contributed by atoms with Gasteiger partial charge in [-0.25, -0.2) is 9.37 Å². The number of aromatic nitrogens is 2. The highest BCUT2D eigenvalue weighted by Gasteiger charge is 2.24. The molecule has 0 saturated heterocycles. The van der Waals surface area contributed by atoms with E-state index in [9.17, 15) is 24.1 Å². The number of furan rings is 1. The van der Waals surface area contributed by atoms with Crippen molar-refractivity contribution in [3.05, 3.63) is 122 Å². The maximum atomic E-state index is 13.6. The Hall–Kier alpha value is -6.08. The van der Waals surface area contributed by atoms with Crippen molar-refractivity contribution in [2.24, 2.45) is 5.10 Å². The van der Waals surface area contributed by atoms with Gasteiger partial charge in [0.05, 0.1) is 29.2 Å². The molecule has 0 aliphatic carbocycles. The fourth-order valence-corrected chi connectivity index (χ4v) is 4.80. The van der Waals surface area contributed by atoms with Gasteiger partial charge in [-0.05, 0) is 66.7 Å². The van der Waals surface area contributed by atoms with Gasteiger partial charge in [0.1, 0.15) is 11.4 Å². The zero-order valence-electron chi connectivity index (χ0n) is 23.8. The van der Waals surface area contributed by atoms with Crippen LogP contribution in [-0.4, -0.2) is 40.4 Å². The zero-order valence-corrected chi connectivity index (χ0v) is 24.5. The zero-order chi connectivity index (χ0) is 32.4. The van der Waals surface area contributed by atoms with E-state index in [-0.39, 0.29) is 34.0 Å². The predicted octanol–water partition coefficient (Wildman–Crippen LogP) is 6.42. The smallest absolute Gasteiger partial charge is 0.315 e. The van der Waals surface area contributed by atoms with Crippen molar-refractivity contribution in [3.8, 4) is 23.1 Å². The van der Waals surface area contributed by atoms with Crippen molar-refractivity contribution < 1.29 is 28.0 Å². The minimum Gasteiger partial charge on any atom is -0.493 e. The predicted molar refractivity (Wildman–Crippen MR) is 169 cm³/mol. The van der Waals surface area contributed by atoms with E-state index in [4.69, 9.17) is 25.5 Å². The number of ether oxygens (including phenoxy) is 2. The summed E-state index contributed by atoms with van der Waals surface area (Å²) in [5, 5.41) is 20.4. The lowest BCUT2D eigenvalue weighted by Gasteiger charge is -2.12. The maximum absolute atomic E-state index is 13.6. The Bertz CT molecular complexity index is 2230. The Morgan fingerprint density at radius 1 is 1.13 bits per heavy atom. The van der Waals surface area contributed by atoms with Crippen molar-refractivity contribution in [2.75, 3.05) is 19.0 Å². The summed E-state index contributed by atoms with van der Waals surface area (Å²) < 4.78 is 31.0. The van der Waals surface area contributed by atoms with E-state index in [2.05, 4.69) is 15.4 Å². The van der Waals surface area contributed by atoms with E-state index in [0.29, 0.717) is 27.2 Å². The molecule has 230 valence electrons. The fraction of sp³-hybridized carbons (Fsp3) is 0.0625. The van der Waals surface area contributed by atoms with Gasteiger partial charge in [-0.2, -0.15) is 9.78 Å². The quantitative estimate of drug-likeness (QED) is 0.108. The molecule has 0 radical (unpaired) electrons. The van der Waals surface area contributed by atoms with Crippen LogP contribution in [0.5, 0.6) is 11.5 Å². The average Bonchev–Trinajstić information content (AvgIpc) is 3.47. The maximum Gasteiger partial charge on any atom is 0.315 e. The Balaban J connectivity index is 1.36. The van der Waals surface area contributed by atoms with Gasteiger partial charge in [-0.3, -0.25) is 19.7 Å². The van der Waals surface area contributed by atoms with Crippen LogP contribution in [0.25, 0.3) is 33.5 Å². The van der Waals surface area contributed by atoms with Gasteiger partial charge in [0.25, 0.3) is 11.5 Å². The van der Waals surface area contributed by atoms with Crippen LogP contribution in [0.2, 0.25) is 5.02 Å². The number of fused-ring (bicyclic) bond motifs is 2. The monoisotopic (exact) mass is 641 g/mol. The molecule has 0 unspecified atom stereocenters. The van der Waals surface area contributed by atoms with Crippen molar-refractivity contribution in [1.82, 2.24) is 9.66 Å². The molecule has 46 heavy (non-hydrogen) atoms. The summed E-state index contributed by atoms with van der Waals surface area (Å²) in [4.78, 5) is 42.0. The van der Waals surface area contributed by atoms with Gasteiger partial charge in [0, 0.05) is 27.7 Å². The number of hydrogen-bond acceptors (Lipinski definition) is 9. The molecule has 0 bridgehead atoms. The number of halogens is 2. The summed E-state index contributed by atoms with van der Waals surface area (Å²) in [6, 6.07) is 21.1. The highest BCUT2D eigenvalue weighted by atomic mass is 35.5. The number of methoxy groups -OCH3 is 1. The highest BCUT2D eigenvalue weighted by Crippen LogP contribution is 2.38. The second-order valence-corrected chi connectivity index (χ2v) is 10.2. The van der Waals surface area contributed by atoms with Crippen LogP contribution in [0.3, 0.4) is 0 Å². The highest BCUT2D eigenvalue weighted by molar-refractivity contribution is 6.31. The largest absolute Gasteiger partial charge is 0.493 e. The number of para-hydroxylation sites is 1. The van der Waals surface area contributed by atoms with Crippen LogP contribution >= 0.6 is 11.6 Å². The molecular weight excluding hydrogens is 621 g/mol. The number of benzene rings is 4. The summed E-state index contributed by atoms with van der Waals surface area (Å²) in [7, 11) is 1.27. The molecule has 0 atom stereocenters. The van der Waals surface area contributed by atoms with Crippen LogP contribution in [-0.2, 0) is 4.79 Å². The van der Waals surface area contributed by atoms with Crippen LogP contribution in [0, 0.1) is 15.9 Å². The van der Waals surface area contributed by atoms with E-state index in [0.717, 1.165) is 10.7 Å². The number of nitro benzene ring substituents is 1. The van der Waals surface area contributed by atoms with Gasteiger partial charge in [-0.1, -0.05) is 23.7 Å². The number of nitro groups is 1. The number of nitrogens with zero attached hydrogens (tertiary/aromatic N) is 4. The Morgan fingerprint density at radius 3 is 2.67 bits per heavy atom. The van der Waals surface area contributed by atoms with Gasteiger partial charge in [0.15, 0.2) is 18.1 Å². The fourth-order valence-electron chi connectivity index (χ4n) is 4.62. The summed E-state index contributed by atoms with van der Waals surface area (Å²) in [5.41, 5.74) is 0.383. The minimum atomic E-state index is -0.707. The average molecular weight is 642 g/mol. The third-order valence-electron chi connectivity index (χ3n) is 6.72. The summed E-state index contributed by atoms with van der Waals surface area (Å²) in [6.45, 7) is -0.605. The second kappa shape index (κ2) is 12.5. The number of nitrogens with one attached hydrogen (secondary N) is 1. The van der Waals surface area contributed by atoms with Crippen molar-refractivity contribution in [2.45, 2.75) is 0 Å². The molecule has 1 amide bonds. The first-order valence-electron chi connectivity index (χ1n) is 13.5. The number of hydrogen-bond donors (Lipinski definition) is 1. The van der Waals surface area contributed by atoms with Gasteiger partial charge >= 0.3 is 5.69 Å². The van der Waals surface area contributed by atoms with E-state index in [1.165, 1.54) is 43.7 Å². The molecule has 0 fully saturated rings. The first-order chi connectivity index (χ1) is 22.2. The Kier molecular flexibility index (Phi) is 8.14. The SMILES string of the molecule is COc1cc(C=Nn2c(-c3cc4cc(Cl)ccc4o3)nc3ccccc3c2=O)cc([N+](=O)[O-])c1OCC(=O)Nc1ccc(F)cc1. The molecule has 4 aromatic carbocycles. The second-order valence-electron chi connectivity index (χ2n) is 9.78. The first-order valence-corrected chi connectivity index (χ1v) is 13.9. The van der Waals surface area contributed by atoms with Crippen LogP contribution in [0.15, 0.2) is 99.2 Å². The first kappa shape index (κ1) is 30.0. The molecule has 0 aliphatic rings. The molecule has 0 spiro atoms. The standard InChI is InChI=1S/C32H21ClFN5O7/c1-44-27-13-18(12-25(39(42)43)30(27)45-17-29(40)36-22-9-7-21(34)8-10-22)16-35-38-31(37-24-5-3-2-4-23(24)32(38)41)28-15-19-14-20(33)6-11-26(19)46-28/h2-16H,17H2,1H3,(H,36,40). The van der Waals surface area contributed by atoms with Crippen molar-refractivity contribution in [1.29, 1.82) is 0 Å². The van der Waals surface area contributed by atoms with Gasteiger partial charge in [0.2, 0.25) is 11.6 Å². The topological polar surface area (TPSA) is 151 Å². The molecule has 6 rings (SSSR count). The lowest BCUT2D eigenvalue weighted by Crippen LogP contribution is -2.21. The number of carbonyl (C=O) groups excluding carboxylic acids is 1. The lowest BCUT2D eigenvalue weighted by atomic mass is 10.2. The molecular formula is C32H21ClFN5O7. The van der Waals surface area contributed by atoms with Gasteiger partial charge < -0.3 is 19.2 Å². The Morgan fingerprint density at radius 2 is 1.91 bits per heavy atom. The summed E-state index contributed by atoms with van der Waals surface area (Å²) >= 11 is 6.14. The molecule has 12 nitrogen and oxygen atoms in total. The number of carbonyl (C=O) groups is 1. The molecule has 0 saturated carbocycles. The third-order valence-corrected chi connectivity index (χ3v) is 6.96. The van der Waals surface area contributed by atoms with Crippen molar-refractivity contribution in [3.63, 3.8) is 0 Å².